The summed E-state index contributed by atoms with van der Waals surface area (Å²) in [5.41, 5.74) is 0. The molecule has 2 unspecified atom stereocenters. The van der Waals surface area contributed by atoms with Crippen molar-refractivity contribution in [1.82, 2.24) is 5.32 Å². The molecule has 0 aliphatic carbocycles. The summed E-state index contributed by atoms with van der Waals surface area (Å²) >= 11 is 0. The van der Waals surface area contributed by atoms with Crippen LogP contribution >= 0.6 is 0 Å². The molecular weight excluding hydrogens is 202 g/mol. The van der Waals surface area contributed by atoms with Crippen molar-refractivity contribution in [3.8, 4) is 0 Å². The normalized spacial score (nSPS) is 25.3. The third-order valence-electron chi connectivity index (χ3n) is 2.17. The van der Waals surface area contributed by atoms with Gasteiger partial charge in [-0.15, -0.1) is 0 Å². The van der Waals surface area contributed by atoms with Crippen LogP contribution in [-0.2, 0) is 4.74 Å². The molecule has 6 heteroatoms. The molecule has 0 aromatic carbocycles. The molecule has 1 aliphatic heterocycles. The summed E-state index contributed by atoms with van der Waals surface area (Å²) in [6, 6.07) is -2.06. The molecule has 1 N–H and O–H groups in total. The Morgan fingerprint density at radius 1 is 1.43 bits per heavy atom. The quantitative estimate of drug-likeness (QED) is 0.720. The minimum absolute atomic E-state index is 0.0636. The molecule has 1 fully saturated rings. The Kier molecular flexibility index (Phi) is 4.12. The summed E-state index contributed by atoms with van der Waals surface area (Å²) in [5, 5.41) is 2.13. The molecule has 1 heterocycles. The maximum atomic E-state index is 12.1. The van der Waals surface area contributed by atoms with Gasteiger partial charge >= 0.3 is 6.18 Å². The van der Waals surface area contributed by atoms with E-state index in [2.05, 4.69) is 5.32 Å². The highest BCUT2D eigenvalue weighted by Gasteiger charge is 2.39. The Labute approximate surface area is 79.6 Å². The van der Waals surface area contributed by atoms with E-state index in [1.807, 2.05) is 0 Å². The molecule has 0 saturated carbocycles. The third-order valence-corrected chi connectivity index (χ3v) is 2.17. The van der Waals surface area contributed by atoms with Gasteiger partial charge in [0.1, 0.15) is 12.7 Å². The van der Waals surface area contributed by atoms with Crippen molar-refractivity contribution < 1.29 is 22.3 Å². The van der Waals surface area contributed by atoms with Gasteiger partial charge in [-0.2, -0.15) is 13.2 Å². The predicted octanol–water partition coefficient (Wildman–Crippen LogP) is 1.66. The summed E-state index contributed by atoms with van der Waals surface area (Å²) in [7, 11) is 0. The minimum atomic E-state index is -4.52. The highest BCUT2D eigenvalue weighted by Crippen LogP contribution is 2.21. The van der Waals surface area contributed by atoms with E-state index in [9.17, 15) is 17.6 Å². The van der Waals surface area contributed by atoms with Crippen LogP contribution in [0.3, 0.4) is 0 Å². The molecule has 2 atom stereocenters. The maximum absolute atomic E-state index is 12.1. The first kappa shape index (κ1) is 11.7. The van der Waals surface area contributed by atoms with Gasteiger partial charge in [0.15, 0.2) is 0 Å². The molecule has 84 valence electrons. The molecule has 0 aromatic heterocycles. The Morgan fingerprint density at radius 3 is 2.57 bits per heavy atom. The second-order valence-corrected chi connectivity index (χ2v) is 3.29. The van der Waals surface area contributed by atoms with Crippen LogP contribution in [0.25, 0.3) is 0 Å². The number of rotatable bonds is 4. The van der Waals surface area contributed by atoms with Crippen molar-refractivity contribution in [2.24, 2.45) is 0 Å². The number of hydrogen-bond donors (Lipinski definition) is 1. The van der Waals surface area contributed by atoms with Crippen LogP contribution in [0.1, 0.15) is 12.8 Å². The van der Waals surface area contributed by atoms with E-state index in [0.717, 1.165) is 12.8 Å². The van der Waals surface area contributed by atoms with Gasteiger partial charge in [0.25, 0.3) is 0 Å². The summed E-state index contributed by atoms with van der Waals surface area (Å²) < 4.78 is 53.3. The van der Waals surface area contributed by atoms with Gasteiger partial charge < -0.3 is 10.1 Å². The van der Waals surface area contributed by atoms with E-state index >= 15 is 0 Å². The van der Waals surface area contributed by atoms with Gasteiger partial charge in [-0.3, -0.25) is 0 Å². The smallest absolute Gasteiger partial charge is 0.377 e. The highest BCUT2D eigenvalue weighted by atomic mass is 19.4. The summed E-state index contributed by atoms with van der Waals surface area (Å²) in [4.78, 5) is 0. The lowest BCUT2D eigenvalue weighted by Gasteiger charge is -2.20. The minimum Gasteiger partial charge on any atom is -0.377 e. The Bertz CT molecular complexity index is 167. The lowest BCUT2D eigenvalue weighted by atomic mass is 10.2. The van der Waals surface area contributed by atoms with Crippen molar-refractivity contribution in [2.45, 2.75) is 31.2 Å². The van der Waals surface area contributed by atoms with Crippen molar-refractivity contribution in [1.29, 1.82) is 0 Å². The number of ether oxygens (including phenoxy) is 1. The lowest BCUT2D eigenvalue weighted by Crippen LogP contribution is -2.46. The van der Waals surface area contributed by atoms with Crippen molar-refractivity contribution in [2.75, 3.05) is 19.8 Å². The second-order valence-electron chi connectivity index (χ2n) is 3.29. The van der Waals surface area contributed by atoms with E-state index in [4.69, 9.17) is 4.74 Å². The van der Waals surface area contributed by atoms with Crippen LogP contribution in [0.2, 0.25) is 0 Å². The zero-order chi connectivity index (χ0) is 10.6. The van der Waals surface area contributed by atoms with Crippen molar-refractivity contribution in [3.63, 3.8) is 0 Å². The largest absolute Gasteiger partial charge is 0.406 e. The summed E-state index contributed by atoms with van der Waals surface area (Å²) in [5.74, 6) is 0. The predicted molar refractivity (Wildman–Crippen MR) is 42.8 cm³/mol. The van der Waals surface area contributed by atoms with E-state index in [1.54, 1.807) is 0 Å². The number of hydrogen-bond acceptors (Lipinski definition) is 2. The standard InChI is InChI=1S/C8H13F4NO/c9-4-7(8(10,11)12)13-5-6-2-1-3-14-6/h6-7,13H,1-5H2. The zero-order valence-electron chi connectivity index (χ0n) is 7.61. The van der Waals surface area contributed by atoms with Crippen LogP contribution in [0, 0.1) is 0 Å². The average molecular weight is 215 g/mol. The van der Waals surface area contributed by atoms with E-state index in [0.29, 0.717) is 6.61 Å². The number of halogens is 4. The molecule has 14 heavy (non-hydrogen) atoms. The first-order valence-corrected chi connectivity index (χ1v) is 4.51. The van der Waals surface area contributed by atoms with Crippen LogP contribution in [-0.4, -0.2) is 38.1 Å². The van der Waals surface area contributed by atoms with Gasteiger partial charge in [-0.05, 0) is 12.8 Å². The second kappa shape index (κ2) is 4.93. The topological polar surface area (TPSA) is 21.3 Å². The molecule has 0 radical (unpaired) electrons. The lowest BCUT2D eigenvalue weighted by molar-refractivity contribution is -0.160. The van der Waals surface area contributed by atoms with Gasteiger partial charge in [-0.1, -0.05) is 0 Å². The molecule has 0 amide bonds. The number of alkyl halides is 4. The van der Waals surface area contributed by atoms with Crippen LogP contribution in [0.5, 0.6) is 0 Å². The van der Waals surface area contributed by atoms with E-state index < -0.39 is 18.9 Å². The Morgan fingerprint density at radius 2 is 2.14 bits per heavy atom. The molecule has 2 nitrogen and oxygen atoms in total. The number of nitrogens with one attached hydrogen (secondary N) is 1. The molecular formula is C8H13F4NO. The van der Waals surface area contributed by atoms with Crippen LogP contribution in [0.15, 0.2) is 0 Å². The molecule has 0 bridgehead atoms. The Hall–Kier alpha value is -0.360. The molecule has 1 aliphatic rings. The van der Waals surface area contributed by atoms with Crippen molar-refractivity contribution >= 4 is 0 Å². The zero-order valence-corrected chi connectivity index (χ0v) is 7.61. The average Bonchev–Trinajstić information content (AvgIpc) is 2.55. The highest BCUT2D eigenvalue weighted by molar-refractivity contribution is 4.77. The third kappa shape index (κ3) is 3.42. The van der Waals surface area contributed by atoms with Gasteiger partial charge in [-0.25, -0.2) is 4.39 Å². The fraction of sp³-hybridized carbons (Fsp3) is 1.00. The van der Waals surface area contributed by atoms with Crippen LogP contribution in [0.4, 0.5) is 17.6 Å². The van der Waals surface area contributed by atoms with Crippen LogP contribution < -0.4 is 5.32 Å². The van der Waals surface area contributed by atoms with Crippen molar-refractivity contribution in [3.05, 3.63) is 0 Å². The maximum Gasteiger partial charge on any atom is 0.406 e. The summed E-state index contributed by atoms with van der Waals surface area (Å²) in [6.07, 6.45) is -3.12. The molecule has 1 saturated heterocycles. The fourth-order valence-electron chi connectivity index (χ4n) is 1.34. The Balaban J connectivity index is 2.26. The van der Waals surface area contributed by atoms with Gasteiger partial charge in [0.05, 0.1) is 6.10 Å². The monoisotopic (exact) mass is 215 g/mol. The van der Waals surface area contributed by atoms with Gasteiger partial charge in [0, 0.05) is 13.2 Å². The first-order valence-electron chi connectivity index (χ1n) is 4.51. The molecule has 0 spiro atoms. The van der Waals surface area contributed by atoms with Gasteiger partial charge in [0.2, 0.25) is 0 Å². The first-order chi connectivity index (χ1) is 6.54. The van der Waals surface area contributed by atoms with E-state index in [1.165, 1.54) is 0 Å². The molecule has 1 rings (SSSR count). The molecule has 0 aromatic rings. The SMILES string of the molecule is FCC(NCC1CCCO1)C(F)(F)F. The summed E-state index contributed by atoms with van der Waals surface area (Å²) in [6.45, 7) is -0.789. The van der Waals surface area contributed by atoms with E-state index in [-0.39, 0.29) is 12.6 Å². The fourth-order valence-corrected chi connectivity index (χ4v) is 1.34.